The van der Waals surface area contributed by atoms with Gasteiger partial charge in [0.25, 0.3) is 0 Å². The normalized spacial score (nSPS) is 26.5. The third-order valence-electron chi connectivity index (χ3n) is 3.93. The molecule has 1 saturated heterocycles. The molecule has 0 aromatic carbocycles. The summed E-state index contributed by atoms with van der Waals surface area (Å²) in [5.41, 5.74) is 0.368. The van der Waals surface area contributed by atoms with Gasteiger partial charge in [0.1, 0.15) is 0 Å². The number of nitrogens with one attached hydrogen (secondary N) is 1. The summed E-state index contributed by atoms with van der Waals surface area (Å²) in [5.74, 6) is 2.53. The Bertz CT molecular complexity index is 225. The highest BCUT2D eigenvalue weighted by Gasteiger charge is 2.33. The molecule has 108 valence electrons. The lowest BCUT2D eigenvalue weighted by Crippen LogP contribution is -2.60. The first kappa shape index (κ1) is 16.3. The highest BCUT2D eigenvalue weighted by atomic mass is 32.2. The van der Waals surface area contributed by atoms with Crippen LogP contribution in [0.25, 0.3) is 0 Å². The van der Waals surface area contributed by atoms with Crippen molar-refractivity contribution in [3.63, 3.8) is 0 Å². The fourth-order valence-electron chi connectivity index (χ4n) is 2.65. The van der Waals surface area contributed by atoms with E-state index in [1.165, 1.54) is 44.0 Å². The van der Waals surface area contributed by atoms with Crippen molar-refractivity contribution in [3.05, 3.63) is 0 Å². The van der Waals surface area contributed by atoms with Gasteiger partial charge in [0.15, 0.2) is 0 Å². The molecule has 2 atom stereocenters. The van der Waals surface area contributed by atoms with Gasteiger partial charge in [-0.25, -0.2) is 0 Å². The summed E-state index contributed by atoms with van der Waals surface area (Å²) in [6, 6.07) is 1.39. The zero-order valence-corrected chi connectivity index (χ0v) is 13.8. The molecule has 0 aromatic rings. The highest BCUT2D eigenvalue weighted by molar-refractivity contribution is 7.99. The lowest BCUT2D eigenvalue weighted by Gasteiger charge is -2.45. The third-order valence-corrected chi connectivity index (χ3v) is 4.81. The van der Waals surface area contributed by atoms with Crippen LogP contribution < -0.4 is 5.32 Å². The Hall–Kier alpha value is 0.270. The second kappa shape index (κ2) is 7.76. The van der Waals surface area contributed by atoms with Gasteiger partial charge in [0, 0.05) is 37.5 Å². The van der Waals surface area contributed by atoms with Crippen LogP contribution in [0.4, 0.5) is 0 Å². The fraction of sp³-hybridized carbons (Fsp3) is 1.00. The Morgan fingerprint density at radius 2 is 2.00 bits per heavy atom. The lowest BCUT2D eigenvalue weighted by atomic mass is 9.84. The first-order chi connectivity index (χ1) is 8.49. The second-order valence-electron chi connectivity index (χ2n) is 6.46. The Morgan fingerprint density at radius 1 is 1.28 bits per heavy atom. The molecule has 18 heavy (non-hydrogen) atoms. The maximum Gasteiger partial charge on any atom is 0.0244 e. The molecule has 1 N–H and O–H groups in total. The molecule has 0 amide bonds. The number of thioether (sulfide) groups is 1. The summed E-state index contributed by atoms with van der Waals surface area (Å²) >= 11 is 2.07. The molecule has 1 heterocycles. The lowest BCUT2D eigenvalue weighted by molar-refractivity contribution is 0.0866. The summed E-state index contributed by atoms with van der Waals surface area (Å²) < 4.78 is 0. The van der Waals surface area contributed by atoms with E-state index in [0.717, 1.165) is 6.04 Å². The average molecular weight is 273 g/mol. The molecule has 2 nitrogen and oxygen atoms in total. The summed E-state index contributed by atoms with van der Waals surface area (Å²) in [6.45, 7) is 15.3. The Kier molecular flexibility index (Phi) is 7.04. The van der Waals surface area contributed by atoms with Crippen molar-refractivity contribution >= 4 is 11.8 Å². The molecule has 1 aliphatic heterocycles. The molecule has 1 fully saturated rings. The van der Waals surface area contributed by atoms with Gasteiger partial charge in [-0.1, -0.05) is 41.0 Å². The maximum absolute atomic E-state index is 3.77. The second-order valence-corrected chi connectivity index (χ2v) is 7.86. The van der Waals surface area contributed by atoms with Crippen LogP contribution in [-0.2, 0) is 0 Å². The van der Waals surface area contributed by atoms with Crippen molar-refractivity contribution < 1.29 is 0 Å². The predicted molar refractivity (Wildman–Crippen MR) is 84.5 cm³/mol. The zero-order chi connectivity index (χ0) is 13.6. The topological polar surface area (TPSA) is 15.3 Å². The van der Waals surface area contributed by atoms with Gasteiger partial charge in [-0.15, -0.1) is 0 Å². The van der Waals surface area contributed by atoms with Crippen LogP contribution in [0.2, 0.25) is 0 Å². The molecule has 0 spiro atoms. The van der Waals surface area contributed by atoms with Crippen LogP contribution in [0.15, 0.2) is 0 Å². The number of rotatable bonds is 6. The van der Waals surface area contributed by atoms with Crippen molar-refractivity contribution in [2.45, 2.75) is 59.5 Å². The smallest absolute Gasteiger partial charge is 0.0244 e. The minimum Gasteiger partial charge on any atom is -0.311 e. The van der Waals surface area contributed by atoms with Gasteiger partial charge in [-0.2, -0.15) is 11.8 Å². The van der Waals surface area contributed by atoms with E-state index in [2.05, 4.69) is 56.6 Å². The van der Waals surface area contributed by atoms with Gasteiger partial charge in [0.2, 0.25) is 0 Å². The van der Waals surface area contributed by atoms with Crippen LogP contribution in [0.1, 0.15) is 47.5 Å². The van der Waals surface area contributed by atoms with Crippen molar-refractivity contribution in [1.29, 1.82) is 0 Å². The molecule has 0 saturated carbocycles. The summed E-state index contributed by atoms with van der Waals surface area (Å²) in [4.78, 5) is 2.73. The molecular formula is C15H32N2S. The molecule has 1 aliphatic rings. The summed E-state index contributed by atoms with van der Waals surface area (Å²) in [5, 5.41) is 3.77. The van der Waals surface area contributed by atoms with Crippen molar-refractivity contribution in [1.82, 2.24) is 10.2 Å². The van der Waals surface area contributed by atoms with Crippen molar-refractivity contribution in [2.75, 3.05) is 31.1 Å². The minimum absolute atomic E-state index is 0.368. The Balaban J connectivity index is 2.52. The zero-order valence-electron chi connectivity index (χ0n) is 13.0. The van der Waals surface area contributed by atoms with Crippen LogP contribution in [0, 0.1) is 5.41 Å². The van der Waals surface area contributed by atoms with E-state index < -0.39 is 0 Å². The molecule has 3 heteroatoms. The van der Waals surface area contributed by atoms with Gasteiger partial charge in [-0.3, -0.25) is 4.90 Å². The summed E-state index contributed by atoms with van der Waals surface area (Å²) in [6.07, 6.45) is 2.63. The third kappa shape index (κ3) is 5.10. The molecule has 0 aromatic heterocycles. The molecular weight excluding hydrogens is 240 g/mol. The van der Waals surface area contributed by atoms with E-state index in [9.17, 15) is 0 Å². The van der Waals surface area contributed by atoms with Gasteiger partial charge >= 0.3 is 0 Å². The largest absolute Gasteiger partial charge is 0.311 e. The highest BCUT2D eigenvalue weighted by Crippen LogP contribution is 2.24. The standard InChI is InChI=1S/C15H32N2S/c1-6-8-13-11-16-14(15(3,4)5)12-17(13)9-10-18-7-2/h13-14,16H,6-12H2,1-5H3. The van der Waals surface area contributed by atoms with E-state index in [0.29, 0.717) is 11.5 Å². The molecule has 0 bridgehead atoms. The maximum atomic E-state index is 3.77. The minimum atomic E-state index is 0.368. The Morgan fingerprint density at radius 3 is 2.56 bits per heavy atom. The van der Waals surface area contributed by atoms with Gasteiger partial charge in [0.05, 0.1) is 0 Å². The number of hydrogen-bond donors (Lipinski definition) is 1. The molecule has 1 rings (SSSR count). The SMILES string of the molecule is CCCC1CNC(C(C)(C)C)CN1CCSCC. The van der Waals surface area contributed by atoms with Gasteiger partial charge in [-0.05, 0) is 17.6 Å². The first-order valence-electron chi connectivity index (χ1n) is 7.54. The average Bonchev–Trinajstić information content (AvgIpc) is 2.30. The Labute approximate surface area is 118 Å². The van der Waals surface area contributed by atoms with Crippen LogP contribution in [0.3, 0.4) is 0 Å². The van der Waals surface area contributed by atoms with E-state index >= 15 is 0 Å². The van der Waals surface area contributed by atoms with E-state index in [4.69, 9.17) is 0 Å². The van der Waals surface area contributed by atoms with Crippen LogP contribution in [-0.4, -0.2) is 48.1 Å². The van der Waals surface area contributed by atoms with Crippen LogP contribution in [0.5, 0.6) is 0 Å². The fourth-order valence-corrected chi connectivity index (χ4v) is 3.31. The summed E-state index contributed by atoms with van der Waals surface area (Å²) in [7, 11) is 0. The van der Waals surface area contributed by atoms with E-state index in [1.54, 1.807) is 0 Å². The van der Waals surface area contributed by atoms with E-state index in [-0.39, 0.29) is 0 Å². The van der Waals surface area contributed by atoms with Crippen molar-refractivity contribution in [3.8, 4) is 0 Å². The molecule has 0 aliphatic carbocycles. The quantitative estimate of drug-likeness (QED) is 0.747. The monoisotopic (exact) mass is 272 g/mol. The first-order valence-corrected chi connectivity index (χ1v) is 8.69. The van der Waals surface area contributed by atoms with Gasteiger partial charge < -0.3 is 5.32 Å². The molecule has 2 unspecified atom stereocenters. The van der Waals surface area contributed by atoms with E-state index in [1.807, 2.05) is 0 Å². The number of piperazine rings is 1. The number of hydrogen-bond acceptors (Lipinski definition) is 3. The van der Waals surface area contributed by atoms with Crippen molar-refractivity contribution in [2.24, 2.45) is 5.41 Å². The predicted octanol–water partition coefficient (Wildman–Crippen LogP) is 3.23. The number of nitrogens with zero attached hydrogens (tertiary/aromatic N) is 1. The molecule has 0 radical (unpaired) electrons. The van der Waals surface area contributed by atoms with Crippen LogP contribution >= 0.6 is 11.8 Å².